The molecule has 0 amide bonds. The van der Waals surface area contributed by atoms with Gasteiger partial charge in [0, 0.05) is 12.1 Å². The molecule has 0 aliphatic rings. The van der Waals surface area contributed by atoms with Crippen LogP contribution in [0.3, 0.4) is 0 Å². The van der Waals surface area contributed by atoms with Gasteiger partial charge in [0.05, 0.1) is 7.11 Å². The smallest absolute Gasteiger partial charge is 0.118 e. The molecule has 1 aromatic carbocycles. The average Bonchev–Trinajstić information content (AvgIpc) is 2.28. The molecular formula is C15H25NO. The van der Waals surface area contributed by atoms with Crippen molar-refractivity contribution in [1.82, 2.24) is 5.32 Å². The molecule has 0 radical (unpaired) electrons. The molecule has 2 heteroatoms. The minimum absolute atomic E-state index is 0.384. The van der Waals surface area contributed by atoms with Gasteiger partial charge in [0.25, 0.3) is 0 Å². The minimum atomic E-state index is 0.384. The van der Waals surface area contributed by atoms with Crippen molar-refractivity contribution in [3.8, 4) is 5.75 Å². The number of ether oxygens (including phenoxy) is 1. The monoisotopic (exact) mass is 235 g/mol. The van der Waals surface area contributed by atoms with Crippen LogP contribution >= 0.6 is 0 Å². The molecule has 0 spiro atoms. The summed E-state index contributed by atoms with van der Waals surface area (Å²) in [5.41, 5.74) is 1.31. The van der Waals surface area contributed by atoms with E-state index in [9.17, 15) is 0 Å². The molecule has 1 unspecified atom stereocenters. The van der Waals surface area contributed by atoms with Crippen LogP contribution in [0, 0.1) is 5.92 Å². The van der Waals surface area contributed by atoms with Crippen molar-refractivity contribution in [2.24, 2.45) is 5.92 Å². The van der Waals surface area contributed by atoms with E-state index in [2.05, 4.69) is 45.1 Å². The molecule has 0 aromatic heterocycles. The molecule has 0 fully saturated rings. The largest absolute Gasteiger partial charge is 0.497 e. The Bertz CT molecular complexity index is 318. The van der Waals surface area contributed by atoms with Crippen LogP contribution in [0.4, 0.5) is 0 Å². The fourth-order valence-electron chi connectivity index (χ4n) is 2.19. The third kappa shape index (κ3) is 4.78. The van der Waals surface area contributed by atoms with E-state index < -0.39 is 0 Å². The van der Waals surface area contributed by atoms with E-state index in [1.165, 1.54) is 12.0 Å². The third-order valence-electron chi connectivity index (χ3n) is 2.98. The van der Waals surface area contributed by atoms with Crippen LogP contribution in [0.25, 0.3) is 0 Å². The number of benzene rings is 1. The van der Waals surface area contributed by atoms with E-state index in [0.29, 0.717) is 12.1 Å². The van der Waals surface area contributed by atoms with Crippen molar-refractivity contribution in [1.29, 1.82) is 0 Å². The van der Waals surface area contributed by atoms with Crippen LogP contribution in [0.5, 0.6) is 5.75 Å². The zero-order valence-corrected chi connectivity index (χ0v) is 11.7. The van der Waals surface area contributed by atoms with Crippen LogP contribution in [0.1, 0.15) is 45.7 Å². The van der Waals surface area contributed by atoms with Gasteiger partial charge in [0.2, 0.25) is 0 Å². The normalized spacial score (nSPS) is 14.7. The molecule has 1 rings (SSSR count). The zero-order valence-electron chi connectivity index (χ0n) is 11.7. The topological polar surface area (TPSA) is 21.3 Å². The summed E-state index contributed by atoms with van der Waals surface area (Å²) < 4.78 is 5.16. The number of methoxy groups -OCH3 is 1. The van der Waals surface area contributed by atoms with E-state index in [1.807, 2.05) is 12.1 Å². The van der Waals surface area contributed by atoms with Gasteiger partial charge in [0.15, 0.2) is 0 Å². The fourth-order valence-corrected chi connectivity index (χ4v) is 2.19. The maximum absolute atomic E-state index is 5.16. The van der Waals surface area contributed by atoms with Crippen LogP contribution in [0.2, 0.25) is 0 Å². The Morgan fingerprint density at radius 2 is 1.65 bits per heavy atom. The Morgan fingerprint density at radius 3 is 2.12 bits per heavy atom. The Hall–Kier alpha value is -1.02. The van der Waals surface area contributed by atoms with Crippen LogP contribution in [-0.2, 0) is 0 Å². The highest BCUT2D eigenvalue weighted by molar-refractivity contribution is 5.28. The zero-order chi connectivity index (χ0) is 12.8. The van der Waals surface area contributed by atoms with Crippen LogP contribution < -0.4 is 10.1 Å². The molecule has 1 aromatic rings. The second-order valence-electron chi connectivity index (χ2n) is 5.19. The molecule has 0 aliphatic heterocycles. The first kappa shape index (κ1) is 14.0. The molecule has 0 saturated carbocycles. The van der Waals surface area contributed by atoms with E-state index >= 15 is 0 Å². The second-order valence-corrected chi connectivity index (χ2v) is 5.19. The van der Waals surface area contributed by atoms with Crippen molar-refractivity contribution in [3.05, 3.63) is 29.8 Å². The quantitative estimate of drug-likeness (QED) is 0.810. The first-order valence-corrected chi connectivity index (χ1v) is 6.43. The lowest BCUT2D eigenvalue weighted by Gasteiger charge is -2.22. The number of hydrogen-bond acceptors (Lipinski definition) is 2. The Balaban J connectivity index is 2.53. The lowest BCUT2D eigenvalue weighted by atomic mass is 10.0. The van der Waals surface area contributed by atoms with Crippen molar-refractivity contribution < 1.29 is 4.74 Å². The second kappa shape index (κ2) is 6.65. The minimum Gasteiger partial charge on any atom is -0.497 e. The Labute approximate surface area is 105 Å². The fraction of sp³-hybridized carbons (Fsp3) is 0.600. The van der Waals surface area contributed by atoms with E-state index in [0.717, 1.165) is 11.7 Å². The average molecular weight is 235 g/mol. The first-order valence-electron chi connectivity index (χ1n) is 6.43. The van der Waals surface area contributed by atoms with Crippen molar-refractivity contribution in [2.45, 2.75) is 46.2 Å². The SMILES string of the molecule is COc1ccc([C@@H](C)NC(C)CC(C)C)cc1. The van der Waals surface area contributed by atoms with Gasteiger partial charge in [0.1, 0.15) is 5.75 Å². The van der Waals surface area contributed by atoms with Crippen molar-refractivity contribution in [3.63, 3.8) is 0 Å². The molecule has 0 saturated heterocycles. The molecule has 0 heterocycles. The molecule has 2 atom stereocenters. The number of rotatable bonds is 6. The molecule has 0 aliphatic carbocycles. The highest BCUT2D eigenvalue weighted by Crippen LogP contribution is 2.18. The van der Waals surface area contributed by atoms with Gasteiger partial charge in [-0.15, -0.1) is 0 Å². The molecule has 0 bridgehead atoms. The molecule has 2 nitrogen and oxygen atoms in total. The highest BCUT2D eigenvalue weighted by Gasteiger charge is 2.10. The van der Waals surface area contributed by atoms with Gasteiger partial charge in [-0.1, -0.05) is 26.0 Å². The van der Waals surface area contributed by atoms with Crippen molar-refractivity contribution in [2.75, 3.05) is 7.11 Å². The summed E-state index contributed by atoms with van der Waals surface area (Å²) >= 11 is 0. The summed E-state index contributed by atoms with van der Waals surface area (Å²) in [7, 11) is 1.70. The summed E-state index contributed by atoms with van der Waals surface area (Å²) in [6.45, 7) is 8.98. The maximum Gasteiger partial charge on any atom is 0.118 e. The van der Waals surface area contributed by atoms with Crippen molar-refractivity contribution >= 4 is 0 Å². The Morgan fingerprint density at radius 1 is 1.06 bits per heavy atom. The van der Waals surface area contributed by atoms with E-state index in [4.69, 9.17) is 4.74 Å². The van der Waals surface area contributed by atoms with Gasteiger partial charge in [-0.3, -0.25) is 0 Å². The molecule has 96 valence electrons. The molecular weight excluding hydrogens is 210 g/mol. The van der Waals surface area contributed by atoms with Crippen LogP contribution in [0.15, 0.2) is 24.3 Å². The first-order chi connectivity index (χ1) is 8.02. The number of hydrogen-bond donors (Lipinski definition) is 1. The third-order valence-corrected chi connectivity index (χ3v) is 2.98. The lowest BCUT2D eigenvalue weighted by molar-refractivity contribution is 0.404. The molecule has 17 heavy (non-hydrogen) atoms. The van der Waals surface area contributed by atoms with Gasteiger partial charge < -0.3 is 10.1 Å². The summed E-state index contributed by atoms with van der Waals surface area (Å²) in [6.07, 6.45) is 1.21. The Kier molecular flexibility index (Phi) is 5.49. The summed E-state index contributed by atoms with van der Waals surface area (Å²) in [4.78, 5) is 0. The van der Waals surface area contributed by atoms with Gasteiger partial charge >= 0.3 is 0 Å². The van der Waals surface area contributed by atoms with Gasteiger partial charge in [-0.25, -0.2) is 0 Å². The maximum atomic E-state index is 5.16. The predicted molar refractivity (Wildman–Crippen MR) is 73.5 cm³/mol. The summed E-state index contributed by atoms with van der Waals surface area (Å²) in [5, 5.41) is 3.62. The molecule has 1 N–H and O–H groups in total. The predicted octanol–water partition coefficient (Wildman–Crippen LogP) is 3.78. The number of nitrogens with one attached hydrogen (secondary N) is 1. The summed E-state index contributed by atoms with van der Waals surface area (Å²) in [5.74, 6) is 1.65. The van der Waals surface area contributed by atoms with E-state index in [-0.39, 0.29) is 0 Å². The van der Waals surface area contributed by atoms with Gasteiger partial charge in [-0.05, 0) is 43.9 Å². The van der Waals surface area contributed by atoms with Crippen LogP contribution in [-0.4, -0.2) is 13.2 Å². The van der Waals surface area contributed by atoms with E-state index in [1.54, 1.807) is 7.11 Å². The summed E-state index contributed by atoms with van der Waals surface area (Å²) in [6, 6.07) is 9.21. The van der Waals surface area contributed by atoms with Gasteiger partial charge in [-0.2, -0.15) is 0 Å². The lowest BCUT2D eigenvalue weighted by Crippen LogP contribution is -2.30. The highest BCUT2D eigenvalue weighted by atomic mass is 16.5. The standard InChI is InChI=1S/C15H25NO/c1-11(2)10-12(3)16-13(4)14-6-8-15(17-5)9-7-14/h6-9,11-13,16H,10H2,1-5H3/t12?,13-/m1/s1.